The second kappa shape index (κ2) is 5.35. The summed E-state index contributed by atoms with van der Waals surface area (Å²) in [5, 5.41) is 2.64. The summed E-state index contributed by atoms with van der Waals surface area (Å²) in [6.45, 7) is 1.94. The molecule has 0 spiro atoms. The smallest absolute Gasteiger partial charge is 0.291 e. The lowest BCUT2D eigenvalue weighted by Crippen LogP contribution is -2.11. The number of furan rings is 1. The topological polar surface area (TPSA) is 42.2 Å². The number of hydrogen-bond donors (Lipinski definition) is 1. The van der Waals surface area contributed by atoms with Crippen LogP contribution in [0.1, 0.15) is 23.2 Å². The first-order valence-electron chi connectivity index (χ1n) is 5.45. The van der Waals surface area contributed by atoms with Crippen LogP contribution in [0.25, 0.3) is 0 Å². The largest absolute Gasteiger partial charge is 0.456 e. The van der Waals surface area contributed by atoms with Crippen LogP contribution in [0.5, 0.6) is 0 Å². The minimum absolute atomic E-state index is 0.239. The molecule has 94 valence electrons. The van der Waals surface area contributed by atoms with Gasteiger partial charge in [0.2, 0.25) is 0 Å². The van der Waals surface area contributed by atoms with Crippen LogP contribution in [0.4, 0.5) is 10.1 Å². The van der Waals surface area contributed by atoms with E-state index in [-0.39, 0.29) is 17.5 Å². The monoisotopic (exact) mass is 311 g/mol. The van der Waals surface area contributed by atoms with E-state index in [9.17, 15) is 9.18 Å². The van der Waals surface area contributed by atoms with Crippen molar-refractivity contribution in [1.82, 2.24) is 0 Å². The SMILES string of the molecule is CCc1ccc(C(=O)Nc2ccc(F)cc2Br)o1. The molecule has 1 heterocycles. The molecule has 0 aliphatic rings. The normalized spacial score (nSPS) is 10.4. The van der Waals surface area contributed by atoms with E-state index in [1.54, 1.807) is 12.1 Å². The van der Waals surface area contributed by atoms with Gasteiger partial charge in [0, 0.05) is 10.9 Å². The van der Waals surface area contributed by atoms with Gasteiger partial charge in [0.1, 0.15) is 11.6 Å². The van der Waals surface area contributed by atoms with E-state index >= 15 is 0 Å². The summed E-state index contributed by atoms with van der Waals surface area (Å²) >= 11 is 3.18. The third kappa shape index (κ3) is 2.79. The molecule has 1 amide bonds. The van der Waals surface area contributed by atoms with Crippen molar-refractivity contribution in [1.29, 1.82) is 0 Å². The van der Waals surface area contributed by atoms with Crippen LogP contribution in [0, 0.1) is 5.82 Å². The Morgan fingerprint density at radius 3 is 2.78 bits per heavy atom. The number of rotatable bonds is 3. The van der Waals surface area contributed by atoms with Gasteiger partial charge in [0.05, 0.1) is 5.69 Å². The van der Waals surface area contributed by atoms with E-state index in [1.165, 1.54) is 18.2 Å². The Hall–Kier alpha value is -1.62. The number of carbonyl (C=O) groups is 1. The molecule has 5 heteroatoms. The lowest BCUT2D eigenvalue weighted by atomic mass is 10.3. The summed E-state index contributed by atoms with van der Waals surface area (Å²) < 4.78 is 18.7. The third-order valence-electron chi connectivity index (χ3n) is 2.41. The van der Waals surface area contributed by atoms with Gasteiger partial charge in [-0.1, -0.05) is 6.92 Å². The van der Waals surface area contributed by atoms with Gasteiger partial charge in [0.25, 0.3) is 5.91 Å². The summed E-state index contributed by atoms with van der Waals surface area (Å²) in [6, 6.07) is 7.43. The highest BCUT2D eigenvalue weighted by molar-refractivity contribution is 9.10. The first-order chi connectivity index (χ1) is 8.60. The molecule has 1 aromatic carbocycles. The van der Waals surface area contributed by atoms with Crippen LogP contribution in [0.3, 0.4) is 0 Å². The number of nitrogens with one attached hydrogen (secondary N) is 1. The van der Waals surface area contributed by atoms with Crippen molar-refractivity contribution in [3.05, 3.63) is 52.1 Å². The molecule has 0 saturated heterocycles. The van der Waals surface area contributed by atoms with E-state index in [4.69, 9.17) is 4.42 Å². The van der Waals surface area contributed by atoms with Crippen molar-refractivity contribution in [3.8, 4) is 0 Å². The second-order valence-corrected chi connectivity index (χ2v) is 4.55. The Morgan fingerprint density at radius 2 is 2.17 bits per heavy atom. The van der Waals surface area contributed by atoms with Crippen molar-refractivity contribution in [2.45, 2.75) is 13.3 Å². The van der Waals surface area contributed by atoms with Gasteiger partial charge in [-0.2, -0.15) is 0 Å². The van der Waals surface area contributed by atoms with E-state index in [1.807, 2.05) is 6.92 Å². The molecule has 0 aliphatic heterocycles. The predicted octanol–water partition coefficient (Wildman–Crippen LogP) is 4.00. The van der Waals surface area contributed by atoms with Crippen LogP contribution in [-0.4, -0.2) is 5.91 Å². The zero-order valence-electron chi connectivity index (χ0n) is 9.67. The van der Waals surface area contributed by atoms with E-state index in [0.29, 0.717) is 10.2 Å². The van der Waals surface area contributed by atoms with Crippen molar-refractivity contribution < 1.29 is 13.6 Å². The second-order valence-electron chi connectivity index (χ2n) is 3.70. The summed E-state index contributed by atoms with van der Waals surface area (Å²) in [7, 11) is 0. The molecule has 0 fully saturated rings. The zero-order valence-corrected chi connectivity index (χ0v) is 11.3. The Morgan fingerprint density at radius 1 is 1.39 bits per heavy atom. The van der Waals surface area contributed by atoms with Crippen LogP contribution in [-0.2, 0) is 6.42 Å². The Labute approximate surface area is 112 Å². The summed E-state index contributed by atoms with van der Waals surface area (Å²) in [6.07, 6.45) is 0.730. The first kappa shape index (κ1) is 12.8. The van der Waals surface area contributed by atoms with Crippen molar-refractivity contribution in [2.75, 3.05) is 5.32 Å². The molecule has 2 aromatic rings. The summed E-state index contributed by atoms with van der Waals surface area (Å²) in [4.78, 5) is 11.9. The fourth-order valence-corrected chi connectivity index (χ4v) is 1.91. The maximum Gasteiger partial charge on any atom is 0.291 e. The number of benzene rings is 1. The standard InChI is InChI=1S/C13H11BrFNO2/c1-2-9-4-6-12(18-9)13(17)16-11-5-3-8(15)7-10(11)14/h3-7H,2H2,1H3,(H,16,17). The number of amides is 1. The Kier molecular flexibility index (Phi) is 3.81. The average Bonchev–Trinajstić information content (AvgIpc) is 2.81. The molecule has 2 rings (SSSR count). The van der Waals surface area contributed by atoms with E-state index in [0.717, 1.165) is 12.2 Å². The third-order valence-corrected chi connectivity index (χ3v) is 3.07. The molecule has 0 bridgehead atoms. The molecule has 0 unspecified atom stereocenters. The van der Waals surface area contributed by atoms with Gasteiger partial charge >= 0.3 is 0 Å². The number of halogens is 2. The van der Waals surface area contributed by atoms with Gasteiger partial charge in [0.15, 0.2) is 5.76 Å². The number of aryl methyl sites for hydroxylation is 1. The quantitative estimate of drug-likeness (QED) is 0.931. The van der Waals surface area contributed by atoms with Gasteiger partial charge in [-0.15, -0.1) is 0 Å². The number of carbonyl (C=O) groups excluding carboxylic acids is 1. The number of hydrogen-bond acceptors (Lipinski definition) is 2. The molecule has 1 N–H and O–H groups in total. The lowest BCUT2D eigenvalue weighted by molar-refractivity contribution is 0.0995. The molecular weight excluding hydrogens is 301 g/mol. The molecule has 3 nitrogen and oxygen atoms in total. The van der Waals surface area contributed by atoms with E-state index in [2.05, 4.69) is 21.2 Å². The molecule has 0 atom stereocenters. The Bertz CT molecular complexity index is 580. The fourth-order valence-electron chi connectivity index (χ4n) is 1.46. The highest BCUT2D eigenvalue weighted by Gasteiger charge is 2.12. The zero-order chi connectivity index (χ0) is 13.1. The van der Waals surface area contributed by atoms with Gasteiger partial charge < -0.3 is 9.73 Å². The summed E-state index contributed by atoms with van der Waals surface area (Å²) in [5.74, 6) is 0.259. The minimum Gasteiger partial charge on any atom is -0.456 e. The number of anilines is 1. The predicted molar refractivity (Wildman–Crippen MR) is 70.1 cm³/mol. The lowest BCUT2D eigenvalue weighted by Gasteiger charge is -2.05. The van der Waals surface area contributed by atoms with Crippen LogP contribution < -0.4 is 5.32 Å². The molecule has 0 saturated carbocycles. The highest BCUT2D eigenvalue weighted by Crippen LogP contribution is 2.23. The average molecular weight is 312 g/mol. The van der Waals surface area contributed by atoms with E-state index < -0.39 is 0 Å². The molecule has 0 radical (unpaired) electrons. The van der Waals surface area contributed by atoms with Crippen molar-refractivity contribution >= 4 is 27.5 Å². The molecule has 18 heavy (non-hydrogen) atoms. The highest BCUT2D eigenvalue weighted by atomic mass is 79.9. The summed E-state index contributed by atoms with van der Waals surface area (Å²) in [5.41, 5.74) is 0.496. The minimum atomic E-state index is -0.369. The first-order valence-corrected chi connectivity index (χ1v) is 6.24. The maximum atomic E-state index is 12.9. The van der Waals surface area contributed by atoms with Gasteiger partial charge in [-0.05, 0) is 46.3 Å². The van der Waals surface area contributed by atoms with Crippen molar-refractivity contribution in [2.24, 2.45) is 0 Å². The van der Waals surface area contributed by atoms with Crippen LogP contribution >= 0.6 is 15.9 Å². The maximum absolute atomic E-state index is 12.9. The van der Waals surface area contributed by atoms with Crippen molar-refractivity contribution in [3.63, 3.8) is 0 Å². The fraction of sp³-hybridized carbons (Fsp3) is 0.154. The molecular formula is C13H11BrFNO2. The molecule has 1 aromatic heterocycles. The van der Waals surface area contributed by atoms with Gasteiger partial charge in [-0.25, -0.2) is 4.39 Å². The van der Waals surface area contributed by atoms with Crippen LogP contribution in [0.2, 0.25) is 0 Å². The van der Waals surface area contributed by atoms with Crippen LogP contribution in [0.15, 0.2) is 39.2 Å². The molecule has 0 aliphatic carbocycles. The Balaban J connectivity index is 2.16. The van der Waals surface area contributed by atoms with Gasteiger partial charge in [-0.3, -0.25) is 4.79 Å².